The van der Waals surface area contributed by atoms with E-state index in [-0.39, 0.29) is 6.04 Å². The summed E-state index contributed by atoms with van der Waals surface area (Å²) in [6, 6.07) is 8.29. The van der Waals surface area contributed by atoms with E-state index in [9.17, 15) is 0 Å². The Balaban J connectivity index is 2.16. The van der Waals surface area contributed by atoms with Crippen LogP contribution in [0, 0.1) is 0 Å². The molecular formula is C12H10Br3NS. The monoisotopic (exact) mass is 437 g/mol. The molecule has 0 aliphatic heterocycles. The Morgan fingerprint density at radius 3 is 2.18 bits per heavy atom. The van der Waals surface area contributed by atoms with Gasteiger partial charge < -0.3 is 5.73 Å². The fourth-order valence-electron chi connectivity index (χ4n) is 1.58. The van der Waals surface area contributed by atoms with Crippen molar-refractivity contribution < 1.29 is 0 Å². The normalized spacial score (nSPS) is 12.7. The van der Waals surface area contributed by atoms with E-state index in [1.54, 1.807) is 11.3 Å². The van der Waals surface area contributed by atoms with Crippen LogP contribution in [0.25, 0.3) is 0 Å². The molecule has 0 saturated carbocycles. The maximum absolute atomic E-state index is 6.22. The lowest BCUT2D eigenvalue weighted by atomic mass is 10.0. The van der Waals surface area contributed by atoms with Crippen molar-refractivity contribution in [3.63, 3.8) is 0 Å². The van der Waals surface area contributed by atoms with Crippen molar-refractivity contribution in [2.45, 2.75) is 12.5 Å². The highest BCUT2D eigenvalue weighted by atomic mass is 79.9. The van der Waals surface area contributed by atoms with Crippen LogP contribution in [0.2, 0.25) is 0 Å². The van der Waals surface area contributed by atoms with Gasteiger partial charge in [-0.3, -0.25) is 0 Å². The van der Waals surface area contributed by atoms with Crippen molar-refractivity contribution in [1.82, 2.24) is 0 Å². The van der Waals surface area contributed by atoms with E-state index in [0.717, 1.165) is 25.4 Å². The smallest absolute Gasteiger partial charge is 0.0344 e. The molecule has 0 radical (unpaired) electrons. The summed E-state index contributed by atoms with van der Waals surface area (Å²) >= 11 is 12.1. The molecule has 2 rings (SSSR count). The first kappa shape index (κ1) is 13.7. The van der Waals surface area contributed by atoms with Crippen LogP contribution in [0.15, 0.2) is 43.1 Å². The van der Waals surface area contributed by atoms with Crippen molar-refractivity contribution in [2.24, 2.45) is 5.73 Å². The van der Waals surface area contributed by atoms with E-state index in [0.29, 0.717) is 0 Å². The lowest BCUT2D eigenvalue weighted by Crippen LogP contribution is -2.12. The van der Waals surface area contributed by atoms with Crippen LogP contribution in [0.3, 0.4) is 0 Å². The van der Waals surface area contributed by atoms with Crippen LogP contribution >= 0.6 is 59.1 Å². The van der Waals surface area contributed by atoms with Gasteiger partial charge in [0.2, 0.25) is 0 Å². The Kier molecular flexibility index (Phi) is 4.83. The second kappa shape index (κ2) is 5.97. The Morgan fingerprint density at radius 2 is 1.65 bits per heavy atom. The molecule has 2 N–H and O–H groups in total. The minimum Gasteiger partial charge on any atom is -0.324 e. The first-order valence-electron chi connectivity index (χ1n) is 4.99. The number of halogens is 3. The van der Waals surface area contributed by atoms with Crippen molar-refractivity contribution in [1.29, 1.82) is 0 Å². The third-order valence-electron chi connectivity index (χ3n) is 2.36. The average molecular weight is 440 g/mol. The summed E-state index contributed by atoms with van der Waals surface area (Å²) in [5.41, 5.74) is 7.36. The lowest BCUT2D eigenvalue weighted by Gasteiger charge is -2.12. The van der Waals surface area contributed by atoms with Gasteiger partial charge in [0, 0.05) is 36.1 Å². The highest BCUT2D eigenvalue weighted by Crippen LogP contribution is 2.27. The summed E-state index contributed by atoms with van der Waals surface area (Å²) in [7, 11) is 0. The van der Waals surface area contributed by atoms with Crippen molar-refractivity contribution in [3.05, 3.63) is 53.5 Å². The summed E-state index contributed by atoms with van der Waals surface area (Å²) in [5.74, 6) is 0. The summed E-state index contributed by atoms with van der Waals surface area (Å²) < 4.78 is 3.22. The molecule has 0 aliphatic rings. The minimum atomic E-state index is 0.0225. The van der Waals surface area contributed by atoms with Gasteiger partial charge in [-0.05, 0) is 45.8 Å². The van der Waals surface area contributed by atoms with Crippen molar-refractivity contribution >= 4 is 59.1 Å². The second-order valence-electron chi connectivity index (χ2n) is 3.74. The van der Waals surface area contributed by atoms with Crippen LogP contribution in [0.5, 0.6) is 0 Å². The standard InChI is InChI=1S/C12H10Br3NS/c13-8-1-7(2-9(14)3-8)12(16)5-11-4-10(15)6-17-11/h1-4,6,12H,5,16H2. The topological polar surface area (TPSA) is 26.0 Å². The molecule has 0 amide bonds. The van der Waals surface area contributed by atoms with Gasteiger partial charge in [-0.15, -0.1) is 11.3 Å². The predicted molar refractivity (Wildman–Crippen MR) is 84.5 cm³/mol. The van der Waals surface area contributed by atoms with Crippen molar-refractivity contribution in [3.8, 4) is 0 Å². The van der Waals surface area contributed by atoms with E-state index in [1.807, 2.05) is 6.07 Å². The fourth-order valence-corrected chi connectivity index (χ4v) is 4.42. The lowest BCUT2D eigenvalue weighted by molar-refractivity contribution is 0.729. The SMILES string of the molecule is NC(Cc1cc(Br)cs1)c1cc(Br)cc(Br)c1. The number of hydrogen-bond acceptors (Lipinski definition) is 2. The summed E-state index contributed by atoms with van der Waals surface area (Å²) in [6.45, 7) is 0. The van der Waals surface area contributed by atoms with Crippen LogP contribution in [-0.2, 0) is 6.42 Å². The summed E-state index contributed by atoms with van der Waals surface area (Å²) in [4.78, 5) is 1.29. The molecule has 0 bridgehead atoms. The van der Waals surface area contributed by atoms with E-state index in [2.05, 4.69) is 71.4 Å². The maximum Gasteiger partial charge on any atom is 0.0344 e. The van der Waals surface area contributed by atoms with E-state index in [1.165, 1.54) is 4.88 Å². The van der Waals surface area contributed by atoms with Crippen LogP contribution < -0.4 is 5.73 Å². The summed E-state index contributed by atoms with van der Waals surface area (Å²) in [6.07, 6.45) is 0.860. The van der Waals surface area contributed by atoms with E-state index in [4.69, 9.17) is 5.73 Å². The van der Waals surface area contributed by atoms with Gasteiger partial charge in [-0.25, -0.2) is 0 Å². The molecule has 1 aromatic carbocycles. The molecule has 2 aromatic rings. The molecule has 5 heteroatoms. The fraction of sp³-hybridized carbons (Fsp3) is 0.167. The van der Waals surface area contributed by atoms with Gasteiger partial charge in [0.1, 0.15) is 0 Å². The van der Waals surface area contributed by atoms with Gasteiger partial charge in [0.15, 0.2) is 0 Å². The van der Waals surface area contributed by atoms with Gasteiger partial charge in [0.05, 0.1) is 0 Å². The quantitative estimate of drug-likeness (QED) is 0.691. The second-order valence-corrected chi connectivity index (χ2v) is 7.49. The number of benzene rings is 1. The van der Waals surface area contributed by atoms with Crippen LogP contribution in [-0.4, -0.2) is 0 Å². The minimum absolute atomic E-state index is 0.0225. The molecule has 17 heavy (non-hydrogen) atoms. The molecule has 1 atom stereocenters. The first-order valence-corrected chi connectivity index (χ1v) is 8.25. The molecule has 1 aromatic heterocycles. The van der Waals surface area contributed by atoms with Crippen molar-refractivity contribution in [2.75, 3.05) is 0 Å². The highest BCUT2D eigenvalue weighted by Gasteiger charge is 2.10. The molecule has 1 unspecified atom stereocenters. The Labute approximate surface area is 130 Å². The van der Waals surface area contributed by atoms with Gasteiger partial charge in [-0.1, -0.05) is 31.9 Å². The number of nitrogens with two attached hydrogens (primary N) is 1. The molecule has 0 saturated heterocycles. The number of hydrogen-bond donors (Lipinski definition) is 1. The highest BCUT2D eigenvalue weighted by molar-refractivity contribution is 9.11. The average Bonchev–Trinajstić information content (AvgIpc) is 2.62. The van der Waals surface area contributed by atoms with Crippen LogP contribution in [0.4, 0.5) is 0 Å². The largest absolute Gasteiger partial charge is 0.324 e. The third-order valence-corrected chi connectivity index (χ3v) is 4.99. The first-order chi connectivity index (χ1) is 8.04. The molecular weight excluding hydrogens is 430 g/mol. The molecule has 0 spiro atoms. The van der Waals surface area contributed by atoms with Gasteiger partial charge in [-0.2, -0.15) is 0 Å². The Hall–Kier alpha value is 0.320. The molecule has 1 heterocycles. The van der Waals surface area contributed by atoms with Gasteiger partial charge in [0.25, 0.3) is 0 Å². The zero-order valence-electron chi connectivity index (χ0n) is 8.79. The molecule has 0 aliphatic carbocycles. The zero-order chi connectivity index (χ0) is 12.4. The summed E-state index contributed by atoms with van der Waals surface area (Å²) in [5, 5.41) is 2.08. The molecule has 0 fully saturated rings. The maximum atomic E-state index is 6.22. The molecule has 90 valence electrons. The van der Waals surface area contributed by atoms with Gasteiger partial charge >= 0.3 is 0 Å². The third kappa shape index (κ3) is 3.89. The Morgan fingerprint density at radius 1 is 1.00 bits per heavy atom. The molecule has 1 nitrogen and oxygen atoms in total. The zero-order valence-corrected chi connectivity index (χ0v) is 14.4. The number of rotatable bonds is 3. The van der Waals surface area contributed by atoms with Crippen LogP contribution in [0.1, 0.15) is 16.5 Å². The van der Waals surface area contributed by atoms with E-state index >= 15 is 0 Å². The predicted octanol–water partition coefficient (Wildman–Crippen LogP) is 5.28. The number of thiophene rings is 1. The Bertz CT molecular complexity index is 504. The van der Waals surface area contributed by atoms with E-state index < -0.39 is 0 Å².